The molecule has 1 aliphatic rings. The molecule has 26 heavy (non-hydrogen) atoms. The van der Waals surface area contributed by atoms with Crippen molar-refractivity contribution in [2.24, 2.45) is 0 Å². The first kappa shape index (κ1) is 16.2. The molecule has 0 unspecified atom stereocenters. The Morgan fingerprint density at radius 2 is 1.73 bits per heavy atom. The normalized spacial score (nSPS) is 17.7. The van der Waals surface area contributed by atoms with E-state index in [4.69, 9.17) is 9.15 Å². The van der Waals surface area contributed by atoms with E-state index in [0.717, 1.165) is 11.3 Å². The Morgan fingerprint density at radius 1 is 0.962 bits per heavy atom. The van der Waals surface area contributed by atoms with Crippen LogP contribution in [0.1, 0.15) is 27.8 Å². The Morgan fingerprint density at radius 3 is 2.42 bits per heavy atom. The molecule has 2 heterocycles. The number of carbonyl (C=O) groups excluding carboxylic acids is 1. The van der Waals surface area contributed by atoms with Gasteiger partial charge in [0.25, 0.3) is 0 Å². The van der Waals surface area contributed by atoms with Crippen LogP contribution in [-0.2, 0) is 0 Å². The Kier molecular flexibility index (Phi) is 4.09. The summed E-state index contributed by atoms with van der Waals surface area (Å²) >= 11 is 0. The van der Waals surface area contributed by atoms with Crippen molar-refractivity contribution in [3.63, 3.8) is 0 Å². The Balaban J connectivity index is 1.81. The highest BCUT2D eigenvalue weighted by atomic mass is 16.5. The molecule has 4 heteroatoms. The molecule has 1 aromatic heterocycles. The molecule has 0 aliphatic carbocycles. The summed E-state index contributed by atoms with van der Waals surface area (Å²) in [5.41, 5.74) is 3.16. The number of ether oxygens (including phenoxy) is 1. The molecular formula is C22H19NO3. The van der Waals surface area contributed by atoms with Crippen LogP contribution in [-0.4, -0.2) is 19.9 Å². The van der Waals surface area contributed by atoms with Gasteiger partial charge in [0.15, 0.2) is 11.9 Å². The number of hydrogen-bond donors (Lipinski definition) is 0. The first-order valence-corrected chi connectivity index (χ1v) is 8.46. The van der Waals surface area contributed by atoms with Crippen LogP contribution in [0.15, 0.2) is 76.9 Å². The van der Waals surface area contributed by atoms with Crippen LogP contribution in [0.4, 0.5) is 5.69 Å². The number of carbonyl (C=O) groups is 1. The van der Waals surface area contributed by atoms with E-state index in [0.29, 0.717) is 22.6 Å². The van der Waals surface area contributed by atoms with Crippen LogP contribution in [0.5, 0.6) is 5.75 Å². The number of Topliss-reactive ketones (excluding diaryl/α,β-unsaturated/α-hetero) is 1. The van der Waals surface area contributed by atoms with Gasteiger partial charge in [-0.3, -0.25) is 4.79 Å². The van der Waals surface area contributed by atoms with Gasteiger partial charge in [-0.1, -0.05) is 24.3 Å². The van der Waals surface area contributed by atoms with Gasteiger partial charge in [-0.25, -0.2) is 0 Å². The minimum atomic E-state index is -0.473. The summed E-state index contributed by atoms with van der Waals surface area (Å²) in [7, 11) is 3.99. The third-order valence-electron chi connectivity index (χ3n) is 4.47. The van der Waals surface area contributed by atoms with Gasteiger partial charge in [0.05, 0.1) is 11.8 Å². The highest BCUT2D eigenvalue weighted by Crippen LogP contribution is 2.39. The minimum absolute atomic E-state index is 0.0371. The van der Waals surface area contributed by atoms with Crippen molar-refractivity contribution in [1.29, 1.82) is 0 Å². The summed E-state index contributed by atoms with van der Waals surface area (Å²) in [5, 5.41) is 0. The van der Waals surface area contributed by atoms with Crippen molar-refractivity contribution in [3.8, 4) is 5.75 Å². The smallest absolute Gasteiger partial charge is 0.196 e. The average molecular weight is 345 g/mol. The second kappa shape index (κ2) is 6.56. The summed E-state index contributed by atoms with van der Waals surface area (Å²) in [6.45, 7) is 0. The fourth-order valence-electron chi connectivity index (χ4n) is 3.08. The predicted octanol–water partition coefficient (Wildman–Crippen LogP) is 4.75. The zero-order valence-corrected chi connectivity index (χ0v) is 14.7. The molecule has 2 aromatic carbocycles. The van der Waals surface area contributed by atoms with Crippen LogP contribution < -0.4 is 9.64 Å². The number of anilines is 1. The Labute approximate surface area is 152 Å². The van der Waals surface area contributed by atoms with Gasteiger partial charge in [-0.15, -0.1) is 0 Å². The lowest BCUT2D eigenvalue weighted by molar-refractivity contribution is 0.0963. The lowest BCUT2D eigenvalue weighted by Gasteiger charge is -2.28. The lowest BCUT2D eigenvalue weighted by Crippen LogP contribution is -2.23. The number of rotatable bonds is 3. The zero-order chi connectivity index (χ0) is 18.1. The summed E-state index contributed by atoms with van der Waals surface area (Å²) in [4.78, 5) is 15.1. The van der Waals surface area contributed by atoms with Gasteiger partial charge in [-0.2, -0.15) is 0 Å². The second-order valence-electron chi connectivity index (χ2n) is 6.42. The van der Waals surface area contributed by atoms with E-state index in [-0.39, 0.29) is 5.78 Å². The third-order valence-corrected chi connectivity index (χ3v) is 4.47. The first-order chi connectivity index (χ1) is 12.6. The van der Waals surface area contributed by atoms with E-state index in [1.54, 1.807) is 24.5 Å². The molecule has 0 fully saturated rings. The van der Waals surface area contributed by atoms with E-state index in [2.05, 4.69) is 0 Å². The van der Waals surface area contributed by atoms with Crippen LogP contribution in [0, 0.1) is 0 Å². The fourth-order valence-corrected chi connectivity index (χ4v) is 3.08. The Bertz CT molecular complexity index is 953. The summed E-state index contributed by atoms with van der Waals surface area (Å²) in [5.74, 6) is 1.20. The van der Waals surface area contributed by atoms with Crippen molar-refractivity contribution < 1.29 is 13.9 Å². The molecule has 0 bridgehead atoms. The quantitative estimate of drug-likeness (QED) is 0.643. The highest BCUT2D eigenvalue weighted by molar-refractivity contribution is 6.14. The zero-order valence-electron chi connectivity index (χ0n) is 14.7. The number of nitrogens with zero attached hydrogens (tertiary/aromatic N) is 1. The summed E-state index contributed by atoms with van der Waals surface area (Å²) < 4.78 is 11.6. The van der Waals surface area contributed by atoms with Crippen LogP contribution in [0.3, 0.4) is 0 Å². The van der Waals surface area contributed by atoms with E-state index in [9.17, 15) is 4.79 Å². The van der Waals surface area contributed by atoms with Crippen LogP contribution in [0.25, 0.3) is 6.08 Å². The average Bonchev–Trinajstić information content (AvgIpc) is 3.17. The van der Waals surface area contributed by atoms with Crippen LogP contribution >= 0.6 is 0 Å². The standard InChI is InChI=1S/C22H19NO3/c1-23(2)16-11-9-15(10-12-16)22-19(14-17-6-5-13-25-17)21(24)18-7-3-4-8-20(18)26-22/h3-14,22H,1-2H3/t22-/m1/s1. The maximum absolute atomic E-state index is 13.1. The molecule has 0 saturated heterocycles. The van der Waals surface area contributed by atoms with Crippen LogP contribution in [0.2, 0.25) is 0 Å². The maximum Gasteiger partial charge on any atom is 0.196 e. The molecule has 0 saturated carbocycles. The number of ketones is 1. The summed E-state index contributed by atoms with van der Waals surface area (Å²) in [6.07, 6.45) is 2.89. The fraction of sp³-hybridized carbons (Fsp3) is 0.136. The molecule has 1 aliphatic heterocycles. The van der Waals surface area contributed by atoms with Gasteiger partial charge >= 0.3 is 0 Å². The maximum atomic E-state index is 13.1. The van der Waals surface area contributed by atoms with E-state index in [1.807, 2.05) is 67.5 Å². The molecule has 0 amide bonds. The molecule has 130 valence electrons. The summed E-state index contributed by atoms with van der Waals surface area (Å²) in [6, 6.07) is 19.0. The lowest BCUT2D eigenvalue weighted by atomic mass is 9.90. The topological polar surface area (TPSA) is 42.7 Å². The van der Waals surface area contributed by atoms with E-state index in [1.165, 1.54) is 0 Å². The van der Waals surface area contributed by atoms with Gasteiger partial charge in [-0.05, 0) is 48.0 Å². The van der Waals surface area contributed by atoms with Gasteiger partial charge in [0, 0.05) is 25.4 Å². The highest BCUT2D eigenvalue weighted by Gasteiger charge is 2.33. The number of hydrogen-bond acceptors (Lipinski definition) is 4. The molecule has 0 radical (unpaired) electrons. The monoisotopic (exact) mass is 345 g/mol. The minimum Gasteiger partial charge on any atom is -0.480 e. The largest absolute Gasteiger partial charge is 0.480 e. The van der Waals surface area contributed by atoms with Gasteiger partial charge in [0.1, 0.15) is 11.5 Å². The van der Waals surface area contributed by atoms with Crippen molar-refractivity contribution in [3.05, 3.63) is 89.4 Å². The SMILES string of the molecule is CN(C)c1ccc([C@H]2Oc3ccccc3C(=O)C2=Cc2ccco2)cc1. The number of fused-ring (bicyclic) bond motifs is 1. The third kappa shape index (κ3) is 2.90. The molecule has 1 atom stereocenters. The Hall–Kier alpha value is -3.27. The predicted molar refractivity (Wildman–Crippen MR) is 102 cm³/mol. The molecule has 3 aromatic rings. The van der Waals surface area contributed by atoms with Gasteiger partial charge < -0.3 is 14.1 Å². The van der Waals surface area contributed by atoms with Crippen molar-refractivity contribution in [2.75, 3.05) is 19.0 Å². The number of para-hydroxylation sites is 1. The first-order valence-electron chi connectivity index (χ1n) is 8.46. The second-order valence-corrected chi connectivity index (χ2v) is 6.42. The molecule has 4 nitrogen and oxygen atoms in total. The molecule has 4 rings (SSSR count). The number of furan rings is 1. The van der Waals surface area contributed by atoms with E-state index < -0.39 is 6.10 Å². The molecule has 0 N–H and O–H groups in total. The molecule has 0 spiro atoms. The number of benzene rings is 2. The van der Waals surface area contributed by atoms with Crippen molar-refractivity contribution in [1.82, 2.24) is 0 Å². The van der Waals surface area contributed by atoms with Gasteiger partial charge in [0.2, 0.25) is 0 Å². The van der Waals surface area contributed by atoms with Crippen molar-refractivity contribution in [2.45, 2.75) is 6.10 Å². The van der Waals surface area contributed by atoms with Crippen molar-refractivity contribution >= 4 is 17.5 Å². The van der Waals surface area contributed by atoms with E-state index >= 15 is 0 Å². The molecular weight excluding hydrogens is 326 g/mol.